The SMILES string of the molecule is COC(=O)C(C)(C)CSCCC(C)=O. The molecule has 0 aromatic heterocycles. The third-order valence-electron chi connectivity index (χ3n) is 1.80. The fourth-order valence-electron chi connectivity index (χ4n) is 0.878. The van der Waals surface area contributed by atoms with Gasteiger partial charge >= 0.3 is 5.97 Å². The molecule has 0 aliphatic carbocycles. The zero-order chi connectivity index (χ0) is 11.2. The van der Waals surface area contributed by atoms with Crippen LogP contribution in [0.15, 0.2) is 0 Å². The zero-order valence-corrected chi connectivity index (χ0v) is 10.1. The number of hydrogen-bond acceptors (Lipinski definition) is 4. The van der Waals surface area contributed by atoms with Crippen LogP contribution >= 0.6 is 11.8 Å². The van der Waals surface area contributed by atoms with E-state index in [-0.39, 0.29) is 11.8 Å². The maximum atomic E-state index is 11.3. The average molecular weight is 218 g/mol. The summed E-state index contributed by atoms with van der Waals surface area (Å²) in [6.07, 6.45) is 0.571. The van der Waals surface area contributed by atoms with Gasteiger partial charge in [0.1, 0.15) is 5.78 Å². The van der Waals surface area contributed by atoms with Gasteiger partial charge in [0.05, 0.1) is 12.5 Å². The first-order valence-corrected chi connectivity index (χ1v) is 5.71. The highest BCUT2D eigenvalue weighted by atomic mass is 32.2. The molecule has 0 heterocycles. The molecule has 0 bridgehead atoms. The number of ether oxygens (including phenoxy) is 1. The molecule has 82 valence electrons. The second kappa shape index (κ2) is 6.06. The molecule has 0 rings (SSSR count). The number of rotatable bonds is 6. The van der Waals surface area contributed by atoms with E-state index in [1.807, 2.05) is 13.8 Å². The second-order valence-corrected chi connectivity index (χ2v) is 4.99. The molecule has 0 spiro atoms. The van der Waals surface area contributed by atoms with Gasteiger partial charge in [0.15, 0.2) is 0 Å². The Morgan fingerprint density at radius 3 is 2.36 bits per heavy atom. The van der Waals surface area contributed by atoms with Crippen LogP contribution in [0, 0.1) is 5.41 Å². The predicted octanol–water partition coefficient (Wildman–Crippen LogP) is 1.90. The van der Waals surface area contributed by atoms with Gasteiger partial charge in [0, 0.05) is 17.9 Å². The molecular weight excluding hydrogens is 200 g/mol. The summed E-state index contributed by atoms with van der Waals surface area (Å²) < 4.78 is 4.67. The summed E-state index contributed by atoms with van der Waals surface area (Å²) >= 11 is 1.61. The molecule has 0 amide bonds. The van der Waals surface area contributed by atoms with Gasteiger partial charge in [0.25, 0.3) is 0 Å². The van der Waals surface area contributed by atoms with E-state index in [0.717, 1.165) is 5.75 Å². The van der Waals surface area contributed by atoms with Crippen LogP contribution in [0.1, 0.15) is 27.2 Å². The van der Waals surface area contributed by atoms with Gasteiger partial charge in [-0.1, -0.05) is 0 Å². The number of ketones is 1. The standard InChI is InChI=1S/C10H18O3S/c1-8(11)5-6-14-7-10(2,3)9(12)13-4/h5-7H2,1-4H3. The molecule has 0 saturated carbocycles. The normalized spacial score (nSPS) is 11.1. The maximum absolute atomic E-state index is 11.3. The van der Waals surface area contributed by atoms with Gasteiger partial charge in [-0.2, -0.15) is 11.8 Å². The Labute approximate surface area is 89.6 Å². The summed E-state index contributed by atoms with van der Waals surface area (Å²) in [4.78, 5) is 21.9. The average Bonchev–Trinajstić information content (AvgIpc) is 2.10. The summed E-state index contributed by atoms with van der Waals surface area (Å²) in [5, 5.41) is 0. The van der Waals surface area contributed by atoms with Crippen LogP contribution in [0.2, 0.25) is 0 Å². The lowest BCUT2D eigenvalue weighted by Crippen LogP contribution is -2.28. The number of carbonyl (C=O) groups is 2. The highest BCUT2D eigenvalue weighted by Gasteiger charge is 2.28. The number of carbonyl (C=O) groups excluding carboxylic acids is 2. The summed E-state index contributed by atoms with van der Waals surface area (Å²) in [5.74, 6) is 1.45. The van der Waals surface area contributed by atoms with Crippen molar-refractivity contribution >= 4 is 23.5 Å². The minimum Gasteiger partial charge on any atom is -0.469 e. The molecule has 0 aromatic carbocycles. The number of methoxy groups -OCH3 is 1. The number of Topliss-reactive ketones (excluding diaryl/α,β-unsaturated/α-hetero) is 1. The van der Waals surface area contributed by atoms with Crippen molar-refractivity contribution in [2.45, 2.75) is 27.2 Å². The highest BCUT2D eigenvalue weighted by molar-refractivity contribution is 7.99. The molecule has 0 saturated heterocycles. The van der Waals surface area contributed by atoms with Crippen molar-refractivity contribution in [3.8, 4) is 0 Å². The van der Waals surface area contributed by atoms with Crippen LogP contribution in [-0.2, 0) is 14.3 Å². The Morgan fingerprint density at radius 1 is 1.36 bits per heavy atom. The van der Waals surface area contributed by atoms with Crippen molar-refractivity contribution in [3.05, 3.63) is 0 Å². The molecule has 0 atom stereocenters. The molecule has 4 heteroatoms. The maximum Gasteiger partial charge on any atom is 0.312 e. The van der Waals surface area contributed by atoms with Gasteiger partial charge in [-0.3, -0.25) is 9.59 Å². The Kier molecular flexibility index (Phi) is 5.84. The molecule has 3 nitrogen and oxygen atoms in total. The Bertz CT molecular complexity index is 211. The van der Waals surface area contributed by atoms with E-state index in [1.54, 1.807) is 18.7 Å². The molecule has 0 radical (unpaired) electrons. The lowest BCUT2D eigenvalue weighted by Gasteiger charge is -2.20. The second-order valence-electron chi connectivity index (χ2n) is 3.88. The van der Waals surface area contributed by atoms with Crippen molar-refractivity contribution in [2.75, 3.05) is 18.6 Å². The van der Waals surface area contributed by atoms with Gasteiger partial charge in [0.2, 0.25) is 0 Å². The molecule has 14 heavy (non-hydrogen) atoms. The molecule has 0 aliphatic heterocycles. The van der Waals surface area contributed by atoms with E-state index in [1.165, 1.54) is 7.11 Å². The minimum atomic E-state index is -0.462. The van der Waals surface area contributed by atoms with Gasteiger partial charge in [-0.25, -0.2) is 0 Å². The smallest absolute Gasteiger partial charge is 0.312 e. The molecule has 0 N–H and O–H groups in total. The van der Waals surface area contributed by atoms with Crippen LogP contribution in [0.5, 0.6) is 0 Å². The summed E-state index contributed by atoms with van der Waals surface area (Å²) in [5.41, 5.74) is -0.462. The highest BCUT2D eigenvalue weighted by Crippen LogP contribution is 2.23. The number of thioether (sulfide) groups is 1. The van der Waals surface area contributed by atoms with Crippen molar-refractivity contribution in [1.82, 2.24) is 0 Å². The van der Waals surface area contributed by atoms with E-state index in [4.69, 9.17) is 0 Å². The number of esters is 1. The topological polar surface area (TPSA) is 43.4 Å². The fraction of sp³-hybridized carbons (Fsp3) is 0.800. The van der Waals surface area contributed by atoms with Crippen molar-refractivity contribution in [3.63, 3.8) is 0 Å². The minimum absolute atomic E-state index is 0.188. The lowest BCUT2D eigenvalue weighted by molar-refractivity contribution is -0.149. The summed E-state index contributed by atoms with van der Waals surface area (Å²) in [7, 11) is 1.39. The molecule has 0 aromatic rings. The van der Waals surface area contributed by atoms with E-state index in [9.17, 15) is 9.59 Å². The monoisotopic (exact) mass is 218 g/mol. The fourth-order valence-corrected chi connectivity index (χ4v) is 2.08. The van der Waals surface area contributed by atoms with E-state index in [0.29, 0.717) is 12.2 Å². The van der Waals surface area contributed by atoms with E-state index >= 15 is 0 Å². The summed E-state index contributed by atoms with van der Waals surface area (Å²) in [6.45, 7) is 5.27. The van der Waals surface area contributed by atoms with Crippen LogP contribution in [0.4, 0.5) is 0 Å². The van der Waals surface area contributed by atoms with Crippen molar-refractivity contribution in [1.29, 1.82) is 0 Å². The van der Waals surface area contributed by atoms with Crippen LogP contribution in [-0.4, -0.2) is 30.4 Å². The molecule has 0 fully saturated rings. The van der Waals surface area contributed by atoms with Gasteiger partial charge in [-0.15, -0.1) is 0 Å². The van der Waals surface area contributed by atoms with Crippen molar-refractivity contribution < 1.29 is 14.3 Å². The van der Waals surface area contributed by atoms with E-state index in [2.05, 4.69) is 4.74 Å². The molecule has 0 aliphatic rings. The third-order valence-corrected chi connectivity index (χ3v) is 3.22. The first-order chi connectivity index (χ1) is 6.40. The zero-order valence-electron chi connectivity index (χ0n) is 9.25. The lowest BCUT2D eigenvalue weighted by atomic mass is 9.97. The first kappa shape index (κ1) is 13.5. The van der Waals surface area contributed by atoms with Crippen LogP contribution in [0.3, 0.4) is 0 Å². The molecule has 0 unspecified atom stereocenters. The Balaban J connectivity index is 3.76. The molecular formula is C10H18O3S. The van der Waals surface area contributed by atoms with Gasteiger partial charge in [-0.05, 0) is 20.8 Å². The number of hydrogen-bond donors (Lipinski definition) is 0. The Morgan fingerprint density at radius 2 is 1.93 bits per heavy atom. The van der Waals surface area contributed by atoms with Crippen LogP contribution < -0.4 is 0 Å². The summed E-state index contributed by atoms with van der Waals surface area (Å²) in [6, 6.07) is 0. The van der Waals surface area contributed by atoms with Gasteiger partial charge < -0.3 is 4.74 Å². The van der Waals surface area contributed by atoms with E-state index < -0.39 is 5.41 Å². The Hall–Kier alpha value is -0.510. The first-order valence-electron chi connectivity index (χ1n) is 4.56. The van der Waals surface area contributed by atoms with Crippen LogP contribution in [0.25, 0.3) is 0 Å². The third kappa shape index (κ3) is 5.27. The largest absolute Gasteiger partial charge is 0.469 e. The van der Waals surface area contributed by atoms with Crippen molar-refractivity contribution in [2.24, 2.45) is 5.41 Å². The predicted molar refractivity (Wildman–Crippen MR) is 58.4 cm³/mol. The quantitative estimate of drug-likeness (QED) is 0.504.